The minimum atomic E-state index is -4.72. The molecule has 8 nitrogen and oxygen atoms in total. The van der Waals surface area contributed by atoms with E-state index in [1.807, 2.05) is 13.0 Å². The maximum atomic E-state index is 13.0. The lowest BCUT2D eigenvalue weighted by Gasteiger charge is -2.59. The van der Waals surface area contributed by atoms with Crippen molar-refractivity contribution in [1.29, 1.82) is 0 Å². The van der Waals surface area contributed by atoms with Crippen LogP contribution in [0, 0.1) is 46.3 Å². The molecule has 0 radical (unpaired) electrons. The van der Waals surface area contributed by atoms with Gasteiger partial charge >= 0.3 is 5.97 Å². The van der Waals surface area contributed by atoms with Crippen molar-refractivity contribution in [1.82, 2.24) is 5.32 Å². The lowest BCUT2D eigenvalue weighted by atomic mass is 9.47. The van der Waals surface area contributed by atoms with Gasteiger partial charge in [-0.25, -0.2) is 13.2 Å². The smallest absolute Gasteiger partial charge is 0.330 e. The third-order valence-corrected chi connectivity index (χ3v) is 13.5. The Balaban J connectivity index is 1.22. The van der Waals surface area contributed by atoms with Crippen LogP contribution in [-0.2, 0) is 24.2 Å². The zero-order valence-electron chi connectivity index (χ0n) is 28.1. The first kappa shape index (κ1) is 34.8. The summed E-state index contributed by atoms with van der Waals surface area (Å²) in [6, 6.07) is 7.61. The summed E-state index contributed by atoms with van der Waals surface area (Å²) in [5.41, 5.74) is 4.54. The molecule has 0 spiro atoms. The molecule has 0 heterocycles. The molecule has 0 bridgehead atoms. The van der Waals surface area contributed by atoms with E-state index in [0.717, 1.165) is 51.4 Å². The third-order valence-electron chi connectivity index (χ3n) is 13.1. The molecule has 4 aliphatic carbocycles. The van der Waals surface area contributed by atoms with Gasteiger partial charge in [0.2, 0.25) is 16.3 Å². The molecule has 5 rings (SSSR count). The summed E-state index contributed by atoms with van der Waals surface area (Å²) in [6.07, 6.45) is 9.41. The van der Waals surface area contributed by atoms with Crippen molar-refractivity contribution in [2.45, 2.75) is 111 Å². The molecule has 0 saturated heterocycles. The van der Waals surface area contributed by atoms with Crippen LogP contribution in [0.1, 0.15) is 110 Å². The summed E-state index contributed by atoms with van der Waals surface area (Å²) < 4.78 is 39.2. The van der Waals surface area contributed by atoms with Crippen LogP contribution in [0.15, 0.2) is 53.6 Å². The molecule has 1 aromatic carbocycles. The van der Waals surface area contributed by atoms with E-state index in [1.54, 1.807) is 35.4 Å². The molecule has 6 unspecified atom stereocenters. The Morgan fingerprint density at radius 1 is 1.07 bits per heavy atom. The second-order valence-electron chi connectivity index (χ2n) is 15.4. The van der Waals surface area contributed by atoms with E-state index in [9.17, 15) is 27.7 Å². The molecule has 2 N–H and O–H groups in total. The van der Waals surface area contributed by atoms with Crippen molar-refractivity contribution < 1.29 is 31.8 Å². The maximum absolute atomic E-state index is 13.0. The number of nitrogens with one attached hydrogen (secondary N) is 1. The number of hydrogen-bond acceptors (Lipinski definition) is 6. The predicted octanol–water partition coefficient (Wildman–Crippen LogP) is 7.35. The molecule has 3 saturated carbocycles. The van der Waals surface area contributed by atoms with Crippen LogP contribution in [0.4, 0.5) is 0 Å². The van der Waals surface area contributed by atoms with Gasteiger partial charge < -0.3 is 15.0 Å². The number of rotatable bonds is 11. The number of benzene rings is 1. The van der Waals surface area contributed by atoms with E-state index < -0.39 is 34.4 Å². The van der Waals surface area contributed by atoms with Gasteiger partial charge in [0.25, 0.3) is 0 Å². The molecule has 254 valence electrons. The molecule has 4 aliphatic rings. The van der Waals surface area contributed by atoms with Crippen molar-refractivity contribution in [3.8, 4) is 0 Å². The van der Waals surface area contributed by atoms with Crippen LogP contribution in [-0.4, -0.2) is 36.1 Å². The number of fused-ring (bicyclic) bond motifs is 4. The molecule has 0 aliphatic heterocycles. The second kappa shape index (κ2) is 13.2. The van der Waals surface area contributed by atoms with E-state index in [2.05, 4.69) is 39.6 Å². The molecular formula is C37H52NO7S-. The zero-order valence-corrected chi connectivity index (χ0v) is 28.9. The van der Waals surface area contributed by atoms with Gasteiger partial charge in [0.15, 0.2) is 6.04 Å². The van der Waals surface area contributed by atoms with Gasteiger partial charge in [0.1, 0.15) is 0 Å². The van der Waals surface area contributed by atoms with Crippen molar-refractivity contribution in [3.63, 3.8) is 0 Å². The minimum Gasteiger partial charge on any atom is -0.726 e. The van der Waals surface area contributed by atoms with E-state index in [0.29, 0.717) is 41.2 Å². The molecule has 9 heteroatoms. The number of hydrogen-bond donors (Lipinski definition) is 2. The van der Waals surface area contributed by atoms with E-state index in [-0.39, 0.29) is 22.7 Å². The minimum absolute atomic E-state index is 0.0332. The number of carboxylic acids is 1. The van der Waals surface area contributed by atoms with Crippen LogP contribution < -0.4 is 5.32 Å². The summed E-state index contributed by atoms with van der Waals surface area (Å²) in [4.78, 5) is 24.9. The summed E-state index contributed by atoms with van der Waals surface area (Å²) in [5.74, 6) is 0.336. The SMILES string of the molecule is C=C(C(=O)NC(C(=O)O)c1ccccc1)C(C)CCC(C)[C@H]1CCC2=C3CCC4C(C)[C@@H](OS(=O)(=O)[O-])CC[C@]4(C)C3CC[C@@]21C. The number of aliphatic carboxylic acids is 1. The number of carboxylic acid groups (broad SMARTS) is 1. The van der Waals surface area contributed by atoms with E-state index in [4.69, 9.17) is 4.18 Å². The second-order valence-corrected chi connectivity index (χ2v) is 16.4. The van der Waals surface area contributed by atoms with Crippen LogP contribution >= 0.6 is 0 Å². The van der Waals surface area contributed by atoms with Crippen molar-refractivity contribution >= 4 is 22.3 Å². The Morgan fingerprint density at radius 3 is 2.41 bits per heavy atom. The number of carbonyl (C=O) groups excluding carboxylic acids is 1. The highest BCUT2D eigenvalue weighted by atomic mass is 32.3. The predicted molar refractivity (Wildman–Crippen MR) is 176 cm³/mol. The maximum Gasteiger partial charge on any atom is 0.330 e. The van der Waals surface area contributed by atoms with Crippen LogP contribution in [0.5, 0.6) is 0 Å². The highest BCUT2D eigenvalue weighted by Crippen LogP contribution is 2.66. The van der Waals surface area contributed by atoms with Crippen LogP contribution in [0.25, 0.3) is 0 Å². The van der Waals surface area contributed by atoms with Gasteiger partial charge in [-0.2, -0.15) is 0 Å². The van der Waals surface area contributed by atoms with Crippen molar-refractivity contribution in [2.24, 2.45) is 46.3 Å². The van der Waals surface area contributed by atoms with Gasteiger partial charge in [0.05, 0.1) is 6.10 Å². The first-order valence-corrected chi connectivity index (χ1v) is 18.5. The summed E-state index contributed by atoms with van der Waals surface area (Å²) in [6.45, 7) is 15.4. The van der Waals surface area contributed by atoms with E-state index >= 15 is 0 Å². The molecule has 46 heavy (non-hydrogen) atoms. The molecule has 1 amide bonds. The quantitative estimate of drug-likeness (QED) is 0.110. The molecule has 1 aromatic rings. The molecular weight excluding hydrogens is 602 g/mol. The van der Waals surface area contributed by atoms with Gasteiger partial charge in [0, 0.05) is 5.57 Å². The Hall–Kier alpha value is -2.49. The van der Waals surface area contributed by atoms with Gasteiger partial charge in [-0.15, -0.1) is 0 Å². The van der Waals surface area contributed by atoms with Gasteiger partial charge in [-0.1, -0.05) is 82.7 Å². The van der Waals surface area contributed by atoms with E-state index in [1.165, 1.54) is 6.42 Å². The standard InChI is InChI=1S/C37H53NO7S/c1-22(24(3)34(39)38-33(35(40)41)26-10-8-7-9-11-26)12-13-23(2)28-16-17-30-27-14-15-29-25(4)32(45-46(42,43)44)19-21-37(29,6)31(27)18-20-36(28,30)5/h7-11,22-23,25,28-29,31-33H,3,12-21H2,1-2,4-6H3,(H,38,39)(H,40,41)(H,42,43,44)/p-1/t22?,23?,25?,28-,29?,31?,32+,33?,36-,37+/m1/s1. The van der Waals surface area contributed by atoms with Crippen molar-refractivity contribution in [3.05, 3.63) is 59.2 Å². The summed E-state index contributed by atoms with van der Waals surface area (Å²) in [7, 11) is -4.72. The first-order chi connectivity index (χ1) is 21.6. The summed E-state index contributed by atoms with van der Waals surface area (Å²) in [5, 5.41) is 12.4. The van der Waals surface area contributed by atoms with Gasteiger partial charge in [-0.3, -0.25) is 8.98 Å². The topological polar surface area (TPSA) is 133 Å². The fourth-order valence-corrected chi connectivity index (χ4v) is 11.0. The fourth-order valence-electron chi connectivity index (χ4n) is 10.4. The number of allylic oxidation sites excluding steroid dienone is 2. The Morgan fingerprint density at radius 2 is 1.76 bits per heavy atom. The Labute approximate surface area is 275 Å². The number of amides is 1. The fraction of sp³-hybridized carbons (Fsp3) is 0.676. The highest BCUT2D eigenvalue weighted by Gasteiger charge is 2.57. The van der Waals surface area contributed by atoms with Crippen molar-refractivity contribution in [2.75, 3.05) is 0 Å². The molecule has 0 aromatic heterocycles. The summed E-state index contributed by atoms with van der Waals surface area (Å²) >= 11 is 0. The van der Waals surface area contributed by atoms with Crippen LogP contribution in [0.3, 0.4) is 0 Å². The zero-order chi connectivity index (χ0) is 33.6. The lowest BCUT2D eigenvalue weighted by molar-refractivity contribution is -0.141. The normalized spacial score (nSPS) is 34.4. The Bertz CT molecular complexity index is 1470. The average Bonchev–Trinajstić information content (AvgIpc) is 3.36. The third kappa shape index (κ3) is 6.61. The average molecular weight is 655 g/mol. The highest BCUT2D eigenvalue weighted by molar-refractivity contribution is 7.80. The molecule has 10 atom stereocenters. The van der Waals surface area contributed by atoms with Crippen LogP contribution in [0.2, 0.25) is 0 Å². The molecule has 3 fully saturated rings. The lowest BCUT2D eigenvalue weighted by Crippen LogP contribution is -2.52. The largest absolute Gasteiger partial charge is 0.726 e. The monoisotopic (exact) mass is 654 g/mol. The number of carbonyl (C=O) groups is 2. The Kier molecular flexibility index (Phi) is 9.99. The first-order valence-electron chi connectivity index (χ1n) is 17.2. The van der Waals surface area contributed by atoms with Gasteiger partial charge in [-0.05, 0) is 116 Å².